The zero-order chi connectivity index (χ0) is 21.1. The summed E-state index contributed by atoms with van der Waals surface area (Å²) in [7, 11) is 0. The van der Waals surface area contributed by atoms with Crippen LogP contribution >= 0.6 is 0 Å². The van der Waals surface area contributed by atoms with Crippen molar-refractivity contribution in [3.05, 3.63) is 77.0 Å². The van der Waals surface area contributed by atoms with Gasteiger partial charge >= 0.3 is 0 Å². The minimum absolute atomic E-state index is 0.0789. The van der Waals surface area contributed by atoms with Crippen LogP contribution in [0.2, 0.25) is 0 Å². The zero-order valence-corrected chi connectivity index (χ0v) is 17.3. The highest BCUT2D eigenvalue weighted by Crippen LogP contribution is 2.16. The molecule has 0 aliphatic carbocycles. The smallest absolute Gasteiger partial charge is 0.289 e. The van der Waals surface area contributed by atoms with Crippen molar-refractivity contribution in [3.8, 4) is 0 Å². The maximum absolute atomic E-state index is 12.8. The third-order valence-electron chi connectivity index (χ3n) is 5.40. The van der Waals surface area contributed by atoms with Crippen molar-refractivity contribution in [1.82, 2.24) is 20.0 Å². The minimum atomic E-state index is -0.133. The second-order valence-corrected chi connectivity index (χ2v) is 7.83. The van der Waals surface area contributed by atoms with Gasteiger partial charge in [0.2, 0.25) is 0 Å². The molecule has 30 heavy (non-hydrogen) atoms. The number of amides is 2. The standard InChI is InChI=1S/C23H26N4O3/c1-16-12-17(2)27(25-16)14-18-6-3-7-19(13-18)22(28)24-20-8-4-10-26(15-20)23(29)21-9-5-11-30-21/h3,5-7,9,11-13,20H,4,8,10,14-15H2,1-2H3,(H,24,28). The van der Waals surface area contributed by atoms with Gasteiger partial charge in [0.15, 0.2) is 5.76 Å². The summed E-state index contributed by atoms with van der Waals surface area (Å²) in [6.45, 7) is 5.77. The molecule has 1 fully saturated rings. The van der Waals surface area contributed by atoms with Crippen LogP contribution in [0.5, 0.6) is 0 Å². The van der Waals surface area contributed by atoms with Crippen LogP contribution in [0.3, 0.4) is 0 Å². The Labute approximate surface area is 175 Å². The molecule has 1 aromatic carbocycles. The summed E-state index contributed by atoms with van der Waals surface area (Å²) in [4.78, 5) is 27.1. The number of carbonyl (C=O) groups excluding carboxylic acids is 2. The zero-order valence-electron chi connectivity index (χ0n) is 17.3. The molecule has 7 heteroatoms. The van der Waals surface area contributed by atoms with Gasteiger partial charge in [-0.15, -0.1) is 0 Å². The molecule has 1 N–H and O–H groups in total. The highest BCUT2D eigenvalue weighted by atomic mass is 16.3. The predicted molar refractivity (Wildman–Crippen MR) is 112 cm³/mol. The Morgan fingerprint density at radius 1 is 1.20 bits per heavy atom. The summed E-state index contributed by atoms with van der Waals surface area (Å²) in [5.74, 6) is 0.0761. The van der Waals surface area contributed by atoms with Gasteiger partial charge in [-0.25, -0.2) is 0 Å². The summed E-state index contributed by atoms with van der Waals surface area (Å²) in [6.07, 6.45) is 3.18. The number of hydrogen-bond donors (Lipinski definition) is 1. The van der Waals surface area contributed by atoms with Gasteiger partial charge in [-0.1, -0.05) is 12.1 Å². The average molecular weight is 406 g/mol. The van der Waals surface area contributed by atoms with E-state index < -0.39 is 0 Å². The number of benzene rings is 1. The Kier molecular flexibility index (Phi) is 5.70. The number of hydrogen-bond acceptors (Lipinski definition) is 4. The lowest BCUT2D eigenvalue weighted by Gasteiger charge is -2.32. The average Bonchev–Trinajstić information content (AvgIpc) is 3.38. The number of furan rings is 1. The molecular formula is C23H26N4O3. The number of nitrogens with one attached hydrogen (secondary N) is 1. The van der Waals surface area contributed by atoms with E-state index in [-0.39, 0.29) is 17.9 Å². The van der Waals surface area contributed by atoms with Crippen molar-refractivity contribution in [2.24, 2.45) is 0 Å². The van der Waals surface area contributed by atoms with E-state index in [1.165, 1.54) is 6.26 Å². The van der Waals surface area contributed by atoms with E-state index in [1.54, 1.807) is 17.0 Å². The molecule has 0 bridgehead atoms. The summed E-state index contributed by atoms with van der Waals surface area (Å²) in [6, 6.07) is 12.9. The van der Waals surface area contributed by atoms with Crippen molar-refractivity contribution < 1.29 is 14.0 Å². The first kappa shape index (κ1) is 19.9. The molecule has 2 aromatic heterocycles. The molecule has 2 amide bonds. The number of nitrogens with zero attached hydrogens (tertiary/aromatic N) is 3. The maximum atomic E-state index is 12.8. The van der Waals surface area contributed by atoms with E-state index in [0.29, 0.717) is 31.0 Å². The largest absolute Gasteiger partial charge is 0.459 e. The number of aryl methyl sites for hydroxylation is 2. The van der Waals surface area contributed by atoms with Crippen LogP contribution in [0.25, 0.3) is 0 Å². The Morgan fingerprint density at radius 3 is 2.80 bits per heavy atom. The first-order valence-electron chi connectivity index (χ1n) is 10.2. The fourth-order valence-corrected chi connectivity index (χ4v) is 3.92. The quantitative estimate of drug-likeness (QED) is 0.706. The normalized spacial score (nSPS) is 16.5. The Morgan fingerprint density at radius 2 is 2.07 bits per heavy atom. The van der Waals surface area contributed by atoms with E-state index in [9.17, 15) is 9.59 Å². The van der Waals surface area contributed by atoms with Crippen LogP contribution in [0.4, 0.5) is 0 Å². The topological polar surface area (TPSA) is 80.4 Å². The fraction of sp³-hybridized carbons (Fsp3) is 0.348. The molecule has 1 aliphatic heterocycles. The monoisotopic (exact) mass is 406 g/mol. The number of aromatic nitrogens is 2. The van der Waals surface area contributed by atoms with Gasteiger partial charge in [0.25, 0.3) is 11.8 Å². The van der Waals surface area contributed by atoms with E-state index >= 15 is 0 Å². The Balaban J connectivity index is 1.40. The summed E-state index contributed by atoms with van der Waals surface area (Å²) in [5.41, 5.74) is 3.70. The molecule has 0 saturated carbocycles. The molecule has 1 unspecified atom stereocenters. The van der Waals surface area contributed by atoms with Gasteiger partial charge in [-0.3, -0.25) is 14.3 Å². The molecule has 3 aromatic rings. The van der Waals surface area contributed by atoms with Gasteiger partial charge in [-0.2, -0.15) is 5.10 Å². The molecule has 0 radical (unpaired) electrons. The molecule has 0 spiro atoms. The Bertz CT molecular complexity index is 1040. The van der Waals surface area contributed by atoms with E-state index in [0.717, 1.165) is 29.8 Å². The van der Waals surface area contributed by atoms with Crippen LogP contribution in [0.1, 0.15) is 50.7 Å². The summed E-state index contributed by atoms with van der Waals surface area (Å²) < 4.78 is 7.16. The third-order valence-corrected chi connectivity index (χ3v) is 5.40. The van der Waals surface area contributed by atoms with Crippen molar-refractivity contribution in [2.75, 3.05) is 13.1 Å². The van der Waals surface area contributed by atoms with E-state index in [2.05, 4.69) is 10.4 Å². The molecular weight excluding hydrogens is 380 g/mol. The molecule has 1 atom stereocenters. The number of rotatable bonds is 5. The molecule has 4 rings (SSSR count). The first-order valence-corrected chi connectivity index (χ1v) is 10.2. The van der Waals surface area contributed by atoms with Gasteiger partial charge < -0.3 is 14.6 Å². The van der Waals surface area contributed by atoms with Gasteiger partial charge in [0.1, 0.15) is 0 Å². The van der Waals surface area contributed by atoms with E-state index in [4.69, 9.17) is 4.42 Å². The summed E-state index contributed by atoms with van der Waals surface area (Å²) in [5, 5.41) is 7.58. The van der Waals surface area contributed by atoms with Crippen LogP contribution < -0.4 is 5.32 Å². The maximum Gasteiger partial charge on any atom is 0.289 e. The van der Waals surface area contributed by atoms with Gasteiger partial charge in [0.05, 0.1) is 18.5 Å². The van der Waals surface area contributed by atoms with Crippen LogP contribution in [0, 0.1) is 13.8 Å². The Hall–Kier alpha value is -3.35. The number of likely N-dealkylation sites (tertiary alicyclic amines) is 1. The van der Waals surface area contributed by atoms with Gasteiger partial charge in [-0.05, 0) is 62.6 Å². The minimum Gasteiger partial charge on any atom is -0.459 e. The SMILES string of the molecule is Cc1cc(C)n(Cc2cccc(C(=O)NC3CCCN(C(=O)c4ccco4)C3)c2)n1. The van der Waals surface area contributed by atoms with Crippen molar-refractivity contribution >= 4 is 11.8 Å². The lowest BCUT2D eigenvalue weighted by atomic mass is 10.0. The molecule has 1 saturated heterocycles. The second-order valence-electron chi connectivity index (χ2n) is 7.83. The molecule has 7 nitrogen and oxygen atoms in total. The predicted octanol–water partition coefficient (Wildman–Crippen LogP) is 3.18. The highest BCUT2D eigenvalue weighted by Gasteiger charge is 2.27. The molecule has 3 heterocycles. The first-order chi connectivity index (χ1) is 14.5. The highest BCUT2D eigenvalue weighted by molar-refractivity contribution is 5.95. The second kappa shape index (κ2) is 8.57. The lowest BCUT2D eigenvalue weighted by Crippen LogP contribution is -2.49. The number of carbonyl (C=O) groups is 2. The van der Waals surface area contributed by atoms with Crippen molar-refractivity contribution in [2.45, 2.75) is 39.3 Å². The van der Waals surface area contributed by atoms with E-state index in [1.807, 2.05) is 48.9 Å². The van der Waals surface area contributed by atoms with Gasteiger partial charge in [0, 0.05) is 30.4 Å². The van der Waals surface area contributed by atoms with Crippen molar-refractivity contribution in [1.29, 1.82) is 0 Å². The summed E-state index contributed by atoms with van der Waals surface area (Å²) >= 11 is 0. The lowest BCUT2D eigenvalue weighted by molar-refractivity contribution is 0.0647. The van der Waals surface area contributed by atoms with Crippen LogP contribution in [-0.2, 0) is 6.54 Å². The third kappa shape index (κ3) is 4.45. The van der Waals surface area contributed by atoms with Crippen molar-refractivity contribution in [3.63, 3.8) is 0 Å². The fourth-order valence-electron chi connectivity index (χ4n) is 3.92. The number of piperidine rings is 1. The molecule has 1 aliphatic rings. The van der Waals surface area contributed by atoms with Crippen LogP contribution in [0.15, 0.2) is 53.1 Å². The molecule has 156 valence electrons. The van der Waals surface area contributed by atoms with Crippen LogP contribution in [-0.4, -0.2) is 45.6 Å².